The first-order chi connectivity index (χ1) is 9.96. The maximum Gasteiger partial charge on any atom is 0.161 e. The smallest absolute Gasteiger partial charge is 0.161 e. The van der Waals surface area contributed by atoms with Gasteiger partial charge in [0.15, 0.2) is 11.5 Å². The molecule has 0 spiro atoms. The summed E-state index contributed by atoms with van der Waals surface area (Å²) in [7, 11) is 3.24. The van der Waals surface area contributed by atoms with Crippen molar-refractivity contribution in [2.75, 3.05) is 14.2 Å². The first-order valence-corrected chi connectivity index (χ1v) is 7.83. The minimum atomic E-state index is -0.252. The molecule has 0 aliphatic carbocycles. The Morgan fingerprint density at radius 3 is 1.95 bits per heavy atom. The minimum absolute atomic E-state index is 0.252. The van der Waals surface area contributed by atoms with Crippen molar-refractivity contribution in [1.82, 2.24) is 0 Å². The maximum atomic E-state index is 6.68. The molecule has 0 heterocycles. The van der Waals surface area contributed by atoms with Crippen LogP contribution in [0.15, 0.2) is 34.8 Å². The first kappa shape index (κ1) is 16.2. The van der Waals surface area contributed by atoms with Gasteiger partial charge in [0.2, 0.25) is 0 Å². The van der Waals surface area contributed by atoms with Gasteiger partial charge in [-0.25, -0.2) is 0 Å². The van der Waals surface area contributed by atoms with Crippen molar-refractivity contribution < 1.29 is 9.47 Å². The van der Waals surface area contributed by atoms with Crippen LogP contribution in [0.4, 0.5) is 0 Å². The van der Waals surface area contributed by atoms with Crippen LogP contribution in [0.3, 0.4) is 0 Å². The number of benzene rings is 2. The molecule has 0 N–H and O–H groups in total. The first-order valence-electron chi connectivity index (χ1n) is 6.60. The largest absolute Gasteiger partial charge is 0.493 e. The highest BCUT2D eigenvalue weighted by molar-refractivity contribution is 9.10. The normalized spacial score (nSPS) is 12.1. The van der Waals surface area contributed by atoms with E-state index in [1.54, 1.807) is 14.2 Å². The van der Waals surface area contributed by atoms with E-state index in [1.807, 2.05) is 12.1 Å². The lowest BCUT2D eigenvalue weighted by Gasteiger charge is -2.17. The standard InChI is InChI=1S/C17H18BrClO2/c1-10-5-11(2)7-12(6-10)17(19)13-8-15(20-3)16(21-4)9-14(13)18/h5-9,17H,1-4H3. The van der Waals surface area contributed by atoms with Gasteiger partial charge in [-0.2, -0.15) is 0 Å². The molecule has 0 aliphatic rings. The van der Waals surface area contributed by atoms with Crippen molar-refractivity contribution in [3.05, 3.63) is 57.1 Å². The zero-order chi connectivity index (χ0) is 15.6. The number of alkyl halides is 1. The highest BCUT2D eigenvalue weighted by Crippen LogP contribution is 2.40. The number of rotatable bonds is 4. The van der Waals surface area contributed by atoms with E-state index < -0.39 is 0 Å². The summed E-state index contributed by atoms with van der Waals surface area (Å²) in [6.45, 7) is 4.15. The molecule has 0 bridgehead atoms. The Bertz CT molecular complexity index is 635. The van der Waals surface area contributed by atoms with E-state index in [0.29, 0.717) is 11.5 Å². The highest BCUT2D eigenvalue weighted by atomic mass is 79.9. The van der Waals surface area contributed by atoms with Gasteiger partial charge in [-0.1, -0.05) is 45.3 Å². The Morgan fingerprint density at radius 2 is 1.43 bits per heavy atom. The summed E-state index contributed by atoms with van der Waals surface area (Å²) in [5.74, 6) is 1.35. The number of hydrogen-bond acceptors (Lipinski definition) is 2. The van der Waals surface area contributed by atoms with Crippen LogP contribution in [0.2, 0.25) is 0 Å². The number of hydrogen-bond donors (Lipinski definition) is 0. The predicted molar refractivity (Wildman–Crippen MR) is 90.9 cm³/mol. The number of aryl methyl sites for hydroxylation is 2. The average Bonchev–Trinajstić information content (AvgIpc) is 2.45. The topological polar surface area (TPSA) is 18.5 Å². The van der Waals surface area contributed by atoms with Crippen molar-refractivity contribution in [3.63, 3.8) is 0 Å². The van der Waals surface area contributed by atoms with Crippen molar-refractivity contribution in [2.45, 2.75) is 19.2 Å². The summed E-state index contributed by atoms with van der Waals surface area (Å²) in [5.41, 5.74) is 4.43. The molecule has 0 saturated carbocycles. The fourth-order valence-corrected chi connectivity index (χ4v) is 3.39. The van der Waals surface area contributed by atoms with Crippen LogP contribution in [-0.4, -0.2) is 14.2 Å². The summed E-state index contributed by atoms with van der Waals surface area (Å²) < 4.78 is 11.6. The summed E-state index contributed by atoms with van der Waals surface area (Å²) in [6.07, 6.45) is 0. The molecule has 0 aromatic heterocycles. The van der Waals surface area contributed by atoms with E-state index >= 15 is 0 Å². The molecule has 112 valence electrons. The zero-order valence-electron chi connectivity index (χ0n) is 12.5. The second-order valence-electron chi connectivity index (χ2n) is 5.01. The third kappa shape index (κ3) is 3.53. The molecule has 0 aliphatic heterocycles. The molecule has 0 saturated heterocycles. The summed E-state index contributed by atoms with van der Waals surface area (Å²) in [5, 5.41) is -0.252. The minimum Gasteiger partial charge on any atom is -0.493 e. The van der Waals surface area contributed by atoms with Crippen molar-refractivity contribution in [1.29, 1.82) is 0 Å². The molecule has 2 nitrogen and oxygen atoms in total. The highest BCUT2D eigenvalue weighted by Gasteiger charge is 2.18. The van der Waals surface area contributed by atoms with Crippen LogP contribution in [0.25, 0.3) is 0 Å². The third-order valence-electron chi connectivity index (χ3n) is 3.31. The van der Waals surface area contributed by atoms with Gasteiger partial charge >= 0.3 is 0 Å². The molecule has 0 fully saturated rings. The van der Waals surface area contributed by atoms with E-state index in [9.17, 15) is 0 Å². The number of halogens is 2. The number of ether oxygens (including phenoxy) is 2. The van der Waals surface area contributed by atoms with Crippen molar-refractivity contribution >= 4 is 27.5 Å². The molecule has 1 atom stereocenters. The van der Waals surface area contributed by atoms with Gasteiger partial charge in [0.1, 0.15) is 0 Å². The van der Waals surface area contributed by atoms with E-state index in [-0.39, 0.29) is 5.38 Å². The second kappa shape index (κ2) is 6.71. The van der Waals surface area contributed by atoms with Crippen LogP contribution >= 0.6 is 27.5 Å². The van der Waals surface area contributed by atoms with Gasteiger partial charge in [0.05, 0.1) is 19.6 Å². The van der Waals surface area contributed by atoms with E-state index in [0.717, 1.165) is 15.6 Å². The Morgan fingerprint density at radius 1 is 0.905 bits per heavy atom. The second-order valence-corrected chi connectivity index (χ2v) is 6.30. The molecular weight excluding hydrogens is 352 g/mol. The lowest BCUT2D eigenvalue weighted by atomic mass is 10.00. The summed E-state index contributed by atoms with van der Waals surface area (Å²) in [6, 6.07) is 10.1. The molecule has 0 amide bonds. The Kier molecular flexibility index (Phi) is 5.17. The van der Waals surface area contributed by atoms with E-state index in [4.69, 9.17) is 21.1 Å². The lowest BCUT2D eigenvalue weighted by molar-refractivity contribution is 0.354. The van der Waals surface area contributed by atoms with Gasteiger partial charge in [0, 0.05) is 4.47 Å². The Hall–Kier alpha value is -1.19. The van der Waals surface area contributed by atoms with Crippen LogP contribution in [0, 0.1) is 13.8 Å². The van der Waals surface area contributed by atoms with Gasteiger partial charge in [0.25, 0.3) is 0 Å². The van der Waals surface area contributed by atoms with Gasteiger partial charge in [-0.3, -0.25) is 0 Å². The molecule has 2 rings (SSSR count). The predicted octanol–water partition coefficient (Wildman–Crippen LogP) is 5.41. The van der Waals surface area contributed by atoms with Gasteiger partial charge < -0.3 is 9.47 Å². The molecule has 2 aromatic carbocycles. The molecule has 21 heavy (non-hydrogen) atoms. The molecule has 0 radical (unpaired) electrons. The third-order valence-corrected chi connectivity index (χ3v) is 4.49. The Labute approximate surface area is 139 Å². The van der Waals surface area contributed by atoms with Gasteiger partial charge in [-0.15, -0.1) is 11.6 Å². The molecule has 2 aromatic rings. The fourth-order valence-electron chi connectivity index (χ4n) is 2.40. The average molecular weight is 370 g/mol. The van der Waals surface area contributed by atoms with E-state index in [1.165, 1.54) is 11.1 Å². The Balaban J connectivity index is 2.49. The molecule has 4 heteroatoms. The summed E-state index contributed by atoms with van der Waals surface area (Å²) >= 11 is 10.2. The lowest BCUT2D eigenvalue weighted by Crippen LogP contribution is -1.99. The quantitative estimate of drug-likeness (QED) is 0.671. The number of methoxy groups -OCH3 is 2. The SMILES string of the molecule is COc1cc(Br)c(C(Cl)c2cc(C)cc(C)c2)cc1OC. The van der Waals surface area contributed by atoms with Crippen LogP contribution in [-0.2, 0) is 0 Å². The van der Waals surface area contributed by atoms with Crippen molar-refractivity contribution in [3.8, 4) is 11.5 Å². The van der Waals surface area contributed by atoms with Crippen LogP contribution < -0.4 is 9.47 Å². The van der Waals surface area contributed by atoms with Crippen molar-refractivity contribution in [2.24, 2.45) is 0 Å². The molecular formula is C17H18BrClO2. The molecule has 1 unspecified atom stereocenters. The van der Waals surface area contributed by atoms with Crippen LogP contribution in [0.1, 0.15) is 27.6 Å². The monoisotopic (exact) mass is 368 g/mol. The zero-order valence-corrected chi connectivity index (χ0v) is 14.9. The fraction of sp³-hybridized carbons (Fsp3) is 0.294. The summed E-state index contributed by atoms with van der Waals surface area (Å²) in [4.78, 5) is 0. The maximum absolute atomic E-state index is 6.68. The van der Waals surface area contributed by atoms with Gasteiger partial charge in [-0.05, 0) is 37.1 Å². The van der Waals surface area contributed by atoms with E-state index in [2.05, 4.69) is 48.0 Å². The van der Waals surface area contributed by atoms with Crippen LogP contribution in [0.5, 0.6) is 11.5 Å².